The maximum Gasteiger partial charge on any atom is 0.143 e. The average molecular weight is 333 g/mol. The highest BCUT2D eigenvalue weighted by Crippen LogP contribution is 2.24. The van der Waals surface area contributed by atoms with E-state index in [0.29, 0.717) is 0 Å². The molecule has 106 valence electrons. The van der Waals surface area contributed by atoms with Gasteiger partial charge in [0.2, 0.25) is 0 Å². The first-order chi connectivity index (χ1) is 9.01. The Bertz CT molecular complexity index is 440. The smallest absolute Gasteiger partial charge is 0.143 e. The fraction of sp³-hybridized carbons (Fsp3) is 0.533. The standard InChI is InChI=1S/C15H19BrF2O/c1-3-5-10(6-4-2)14(19)9-11-13(17)8-7-12(16)15(11)18/h7-8,10H,3-6,9H2,1-2H3. The van der Waals surface area contributed by atoms with Crippen molar-refractivity contribution in [2.75, 3.05) is 0 Å². The van der Waals surface area contributed by atoms with E-state index in [-0.39, 0.29) is 28.2 Å². The van der Waals surface area contributed by atoms with Gasteiger partial charge in [-0.05, 0) is 40.9 Å². The van der Waals surface area contributed by atoms with Crippen LogP contribution >= 0.6 is 15.9 Å². The molecule has 0 radical (unpaired) electrons. The minimum atomic E-state index is -0.667. The second-order valence-electron chi connectivity index (χ2n) is 4.74. The number of benzene rings is 1. The van der Waals surface area contributed by atoms with Gasteiger partial charge in [-0.2, -0.15) is 0 Å². The van der Waals surface area contributed by atoms with Gasteiger partial charge in [-0.3, -0.25) is 4.79 Å². The van der Waals surface area contributed by atoms with Crippen LogP contribution in [0.4, 0.5) is 8.78 Å². The first kappa shape index (κ1) is 16.3. The Hall–Kier alpha value is -0.770. The number of Topliss-reactive ketones (excluding diaryl/α,β-unsaturated/α-hetero) is 1. The summed E-state index contributed by atoms with van der Waals surface area (Å²) in [5.74, 6) is -1.48. The zero-order chi connectivity index (χ0) is 14.4. The lowest BCUT2D eigenvalue weighted by Gasteiger charge is -2.14. The highest BCUT2D eigenvalue weighted by molar-refractivity contribution is 9.10. The van der Waals surface area contributed by atoms with E-state index in [1.54, 1.807) is 0 Å². The van der Waals surface area contributed by atoms with Crippen LogP contribution in [0.5, 0.6) is 0 Å². The number of ketones is 1. The van der Waals surface area contributed by atoms with Gasteiger partial charge in [0.15, 0.2) is 0 Å². The monoisotopic (exact) mass is 332 g/mol. The van der Waals surface area contributed by atoms with Crippen molar-refractivity contribution in [3.05, 3.63) is 33.8 Å². The Balaban J connectivity index is 2.89. The summed E-state index contributed by atoms with van der Waals surface area (Å²) in [6, 6.07) is 2.50. The van der Waals surface area contributed by atoms with Gasteiger partial charge in [0.05, 0.1) is 4.47 Å². The maximum atomic E-state index is 13.8. The zero-order valence-corrected chi connectivity index (χ0v) is 12.9. The Morgan fingerprint density at radius 3 is 2.32 bits per heavy atom. The Morgan fingerprint density at radius 1 is 1.21 bits per heavy atom. The molecule has 0 aromatic heterocycles. The minimum absolute atomic E-state index is 0.0698. The van der Waals surface area contributed by atoms with E-state index in [9.17, 15) is 13.6 Å². The van der Waals surface area contributed by atoms with Crippen molar-refractivity contribution in [3.8, 4) is 0 Å². The van der Waals surface area contributed by atoms with E-state index in [1.807, 2.05) is 13.8 Å². The summed E-state index contributed by atoms with van der Waals surface area (Å²) >= 11 is 3.02. The van der Waals surface area contributed by atoms with Gasteiger partial charge >= 0.3 is 0 Å². The normalized spacial score (nSPS) is 11.1. The van der Waals surface area contributed by atoms with Gasteiger partial charge in [-0.25, -0.2) is 8.78 Å². The topological polar surface area (TPSA) is 17.1 Å². The van der Waals surface area contributed by atoms with E-state index >= 15 is 0 Å². The Labute approximate surface area is 121 Å². The molecule has 0 saturated carbocycles. The highest BCUT2D eigenvalue weighted by atomic mass is 79.9. The van der Waals surface area contributed by atoms with Gasteiger partial charge in [-0.15, -0.1) is 0 Å². The molecule has 1 nitrogen and oxygen atoms in total. The number of carbonyl (C=O) groups excluding carboxylic acids is 1. The van der Waals surface area contributed by atoms with Crippen molar-refractivity contribution >= 4 is 21.7 Å². The number of rotatable bonds is 7. The van der Waals surface area contributed by atoms with Crippen LogP contribution in [-0.2, 0) is 11.2 Å². The molecule has 0 heterocycles. The number of hydrogen-bond donors (Lipinski definition) is 0. The maximum absolute atomic E-state index is 13.8. The molecular weight excluding hydrogens is 314 g/mol. The summed E-state index contributed by atoms with van der Waals surface area (Å²) < 4.78 is 27.6. The molecule has 0 aliphatic carbocycles. The largest absolute Gasteiger partial charge is 0.299 e. The molecule has 0 amide bonds. The molecule has 0 saturated heterocycles. The SMILES string of the molecule is CCCC(CCC)C(=O)Cc1c(F)ccc(Br)c1F. The second kappa shape index (κ2) is 7.73. The third-order valence-corrected chi connectivity index (χ3v) is 3.83. The van der Waals surface area contributed by atoms with Crippen molar-refractivity contribution in [1.29, 1.82) is 0 Å². The first-order valence-electron chi connectivity index (χ1n) is 6.66. The molecule has 0 bridgehead atoms. The van der Waals surface area contributed by atoms with Crippen LogP contribution in [0, 0.1) is 17.6 Å². The molecular formula is C15H19BrF2O. The van der Waals surface area contributed by atoms with Gasteiger partial charge in [0.1, 0.15) is 17.4 Å². The number of hydrogen-bond acceptors (Lipinski definition) is 1. The highest BCUT2D eigenvalue weighted by Gasteiger charge is 2.21. The van der Waals surface area contributed by atoms with E-state index in [2.05, 4.69) is 15.9 Å². The van der Waals surface area contributed by atoms with Gasteiger partial charge in [-0.1, -0.05) is 26.7 Å². The van der Waals surface area contributed by atoms with Crippen LogP contribution in [0.2, 0.25) is 0 Å². The molecule has 0 atom stereocenters. The molecule has 1 aromatic rings. The molecule has 0 N–H and O–H groups in total. The summed E-state index contributed by atoms with van der Waals surface area (Å²) in [4.78, 5) is 12.2. The minimum Gasteiger partial charge on any atom is -0.299 e. The Morgan fingerprint density at radius 2 is 1.79 bits per heavy atom. The molecule has 0 fully saturated rings. The third-order valence-electron chi connectivity index (χ3n) is 3.22. The van der Waals surface area contributed by atoms with Crippen LogP contribution in [0.25, 0.3) is 0 Å². The number of carbonyl (C=O) groups is 1. The molecule has 1 rings (SSSR count). The number of halogens is 3. The fourth-order valence-corrected chi connectivity index (χ4v) is 2.58. The Kier molecular flexibility index (Phi) is 6.63. The second-order valence-corrected chi connectivity index (χ2v) is 5.59. The van der Waals surface area contributed by atoms with Crippen LogP contribution in [-0.4, -0.2) is 5.78 Å². The van der Waals surface area contributed by atoms with Crippen LogP contribution in [0.3, 0.4) is 0 Å². The molecule has 0 spiro atoms. The third kappa shape index (κ3) is 4.37. The van der Waals surface area contributed by atoms with Gasteiger partial charge in [0, 0.05) is 17.9 Å². The van der Waals surface area contributed by atoms with E-state index < -0.39 is 11.6 Å². The lowest BCUT2D eigenvalue weighted by Crippen LogP contribution is -2.18. The summed E-state index contributed by atoms with van der Waals surface area (Å²) in [6.45, 7) is 4.02. The lowest BCUT2D eigenvalue weighted by molar-refractivity contribution is -0.122. The molecule has 1 aromatic carbocycles. The summed E-state index contributed by atoms with van der Waals surface area (Å²) in [7, 11) is 0. The molecule has 0 aliphatic heterocycles. The predicted octanol–water partition coefficient (Wildman–Crippen LogP) is 5.06. The molecule has 0 unspecified atom stereocenters. The van der Waals surface area contributed by atoms with Crippen molar-refractivity contribution < 1.29 is 13.6 Å². The predicted molar refractivity (Wildman–Crippen MR) is 76.1 cm³/mol. The summed E-state index contributed by atoms with van der Waals surface area (Å²) in [6.07, 6.45) is 3.20. The average Bonchev–Trinajstić information content (AvgIpc) is 2.38. The van der Waals surface area contributed by atoms with Crippen molar-refractivity contribution in [2.45, 2.75) is 46.0 Å². The van der Waals surface area contributed by atoms with Gasteiger partial charge in [0.25, 0.3) is 0 Å². The van der Waals surface area contributed by atoms with Crippen molar-refractivity contribution in [2.24, 2.45) is 5.92 Å². The zero-order valence-electron chi connectivity index (χ0n) is 11.3. The van der Waals surface area contributed by atoms with E-state index in [1.165, 1.54) is 12.1 Å². The van der Waals surface area contributed by atoms with Crippen LogP contribution in [0.15, 0.2) is 16.6 Å². The molecule has 4 heteroatoms. The van der Waals surface area contributed by atoms with Crippen LogP contribution in [0.1, 0.15) is 45.1 Å². The van der Waals surface area contributed by atoms with Crippen LogP contribution < -0.4 is 0 Å². The molecule has 19 heavy (non-hydrogen) atoms. The molecule has 0 aliphatic rings. The summed E-state index contributed by atoms with van der Waals surface area (Å²) in [5.41, 5.74) is -0.128. The van der Waals surface area contributed by atoms with E-state index in [0.717, 1.165) is 25.7 Å². The van der Waals surface area contributed by atoms with E-state index in [4.69, 9.17) is 0 Å². The fourth-order valence-electron chi connectivity index (χ4n) is 2.21. The first-order valence-corrected chi connectivity index (χ1v) is 7.45. The quantitative estimate of drug-likeness (QED) is 0.638. The van der Waals surface area contributed by atoms with Gasteiger partial charge < -0.3 is 0 Å². The van der Waals surface area contributed by atoms with Crippen molar-refractivity contribution in [3.63, 3.8) is 0 Å². The van der Waals surface area contributed by atoms with Crippen molar-refractivity contribution in [1.82, 2.24) is 0 Å². The lowest BCUT2D eigenvalue weighted by atomic mass is 9.90. The summed E-state index contributed by atoms with van der Waals surface area (Å²) in [5, 5.41) is 0.